The fourth-order valence-electron chi connectivity index (χ4n) is 1.41. The van der Waals surface area contributed by atoms with Gasteiger partial charge in [-0.05, 0) is 32.6 Å². The lowest BCUT2D eigenvalue weighted by Crippen LogP contribution is -2.23. The molecule has 90 valence electrons. The van der Waals surface area contributed by atoms with Crippen molar-refractivity contribution in [2.24, 2.45) is 16.5 Å². The van der Waals surface area contributed by atoms with Gasteiger partial charge in [0.1, 0.15) is 11.5 Å². The number of aryl methyl sites for hydroxylation is 1. The van der Waals surface area contributed by atoms with Crippen LogP contribution in [0.15, 0.2) is 21.5 Å². The van der Waals surface area contributed by atoms with Crippen molar-refractivity contribution in [2.75, 3.05) is 20.6 Å². The summed E-state index contributed by atoms with van der Waals surface area (Å²) in [5.74, 6) is 2.12. The van der Waals surface area contributed by atoms with Crippen LogP contribution in [-0.2, 0) is 13.0 Å². The third-order valence-electron chi connectivity index (χ3n) is 2.07. The lowest BCUT2D eigenvalue weighted by atomic mass is 10.2. The van der Waals surface area contributed by atoms with Gasteiger partial charge >= 0.3 is 0 Å². The fourth-order valence-corrected chi connectivity index (χ4v) is 1.41. The molecule has 1 heterocycles. The second kappa shape index (κ2) is 6.17. The zero-order valence-electron chi connectivity index (χ0n) is 9.94. The third kappa shape index (κ3) is 4.84. The normalized spacial score (nSPS) is 10.7. The van der Waals surface area contributed by atoms with E-state index in [9.17, 15) is 0 Å². The van der Waals surface area contributed by atoms with Gasteiger partial charge in [-0.15, -0.1) is 0 Å². The molecule has 16 heavy (non-hydrogen) atoms. The van der Waals surface area contributed by atoms with Gasteiger partial charge in [-0.3, -0.25) is 4.99 Å². The maximum Gasteiger partial charge on any atom is 0.185 e. The first-order valence-electron chi connectivity index (χ1n) is 5.35. The molecule has 1 rings (SSSR count). The Balaban J connectivity index is 2.32. The van der Waals surface area contributed by atoms with Crippen LogP contribution in [0.2, 0.25) is 0 Å². The Labute approximate surface area is 96.1 Å². The number of hydrogen-bond acceptors (Lipinski definition) is 3. The molecule has 1 aromatic rings. The third-order valence-corrected chi connectivity index (χ3v) is 2.07. The first-order chi connectivity index (χ1) is 7.58. The predicted molar refractivity (Wildman–Crippen MR) is 65.1 cm³/mol. The standard InChI is InChI=1S/C11H20N4O/c1-15(2)8-10-6-5-9(16-10)4-3-7-14-11(12)13/h5-6H,3-4,7-8H2,1-2H3,(H4,12,13,14). The molecular weight excluding hydrogens is 204 g/mol. The molecule has 0 fully saturated rings. The van der Waals surface area contributed by atoms with E-state index in [4.69, 9.17) is 15.9 Å². The Morgan fingerprint density at radius 3 is 2.62 bits per heavy atom. The van der Waals surface area contributed by atoms with Crippen LogP contribution in [-0.4, -0.2) is 31.5 Å². The Morgan fingerprint density at radius 2 is 2.00 bits per heavy atom. The molecule has 0 atom stereocenters. The van der Waals surface area contributed by atoms with Crippen LogP contribution < -0.4 is 11.5 Å². The molecule has 0 unspecified atom stereocenters. The van der Waals surface area contributed by atoms with Crippen LogP contribution in [0.5, 0.6) is 0 Å². The maximum atomic E-state index is 5.65. The van der Waals surface area contributed by atoms with Crippen molar-refractivity contribution < 1.29 is 4.42 Å². The highest BCUT2D eigenvalue weighted by Gasteiger charge is 2.02. The molecule has 0 saturated carbocycles. The highest BCUT2D eigenvalue weighted by atomic mass is 16.3. The summed E-state index contributed by atoms with van der Waals surface area (Å²) >= 11 is 0. The van der Waals surface area contributed by atoms with E-state index in [1.807, 2.05) is 26.2 Å². The average molecular weight is 224 g/mol. The van der Waals surface area contributed by atoms with Crippen LogP contribution in [0.3, 0.4) is 0 Å². The van der Waals surface area contributed by atoms with Gasteiger partial charge in [-0.1, -0.05) is 0 Å². The minimum absolute atomic E-state index is 0.146. The van der Waals surface area contributed by atoms with Gasteiger partial charge < -0.3 is 20.8 Å². The van der Waals surface area contributed by atoms with Crippen LogP contribution in [0.25, 0.3) is 0 Å². The number of nitrogens with two attached hydrogens (primary N) is 2. The summed E-state index contributed by atoms with van der Waals surface area (Å²) in [7, 11) is 4.03. The van der Waals surface area contributed by atoms with E-state index in [1.54, 1.807) is 0 Å². The van der Waals surface area contributed by atoms with Crippen molar-refractivity contribution in [3.05, 3.63) is 23.7 Å². The van der Waals surface area contributed by atoms with Gasteiger partial charge in [0.2, 0.25) is 0 Å². The molecule has 0 aliphatic carbocycles. The molecule has 0 spiro atoms. The largest absolute Gasteiger partial charge is 0.465 e. The lowest BCUT2D eigenvalue weighted by Gasteiger charge is -2.05. The van der Waals surface area contributed by atoms with Gasteiger partial charge in [0.25, 0.3) is 0 Å². The molecule has 0 aliphatic rings. The quantitative estimate of drug-likeness (QED) is 0.420. The monoisotopic (exact) mass is 224 g/mol. The summed E-state index contributed by atoms with van der Waals surface area (Å²) in [5, 5.41) is 0. The van der Waals surface area contributed by atoms with Crippen molar-refractivity contribution in [3.8, 4) is 0 Å². The van der Waals surface area contributed by atoms with E-state index in [1.165, 1.54) is 0 Å². The molecule has 0 saturated heterocycles. The van der Waals surface area contributed by atoms with Crippen LogP contribution in [0.1, 0.15) is 17.9 Å². The Hall–Kier alpha value is -1.49. The summed E-state index contributed by atoms with van der Waals surface area (Å²) < 4.78 is 5.65. The maximum absolute atomic E-state index is 5.65. The zero-order valence-corrected chi connectivity index (χ0v) is 9.94. The molecule has 5 heteroatoms. The fraction of sp³-hybridized carbons (Fsp3) is 0.545. The molecular formula is C11H20N4O. The first-order valence-corrected chi connectivity index (χ1v) is 5.35. The van der Waals surface area contributed by atoms with E-state index in [0.717, 1.165) is 30.9 Å². The predicted octanol–water partition coefficient (Wildman–Crippen LogP) is 0.547. The second-order valence-corrected chi connectivity index (χ2v) is 4.02. The van der Waals surface area contributed by atoms with Crippen molar-refractivity contribution >= 4 is 5.96 Å². The summed E-state index contributed by atoms with van der Waals surface area (Å²) in [6.07, 6.45) is 1.76. The minimum atomic E-state index is 0.146. The van der Waals surface area contributed by atoms with E-state index in [-0.39, 0.29) is 5.96 Å². The van der Waals surface area contributed by atoms with Gasteiger partial charge in [-0.2, -0.15) is 0 Å². The number of guanidine groups is 1. The average Bonchev–Trinajstić information content (AvgIpc) is 2.59. The van der Waals surface area contributed by atoms with Gasteiger partial charge in [-0.25, -0.2) is 0 Å². The summed E-state index contributed by atoms with van der Waals surface area (Å²) in [6, 6.07) is 4.02. The SMILES string of the molecule is CN(C)Cc1ccc(CCCN=C(N)N)o1. The molecule has 0 bridgehead atoms. The number of nitrogens with zero attached hydrogens (tertiary/aromatic N) is 2. The molecule has 0 radical (unpaired) electrons. The number of hydrogen-bond donors (Lipinski definition) is 2. The van der Waals surface area contributed by atoms with Crippen LogP contribution in [0.4, 0.5) is 0 Å². The molecule has 1 aromatic heterocycles. The first kappa shape index (κ1) is 12.6. The van der Waals surface area contributed by atoms with Gasteiger partial charge in [0.15, 0.2) is 5.96 Å². The smallest absolute Gasteiger partial charge is 0.185 e. The molecule has 5 nitrogen and oxygen atoms in total. The Morgan fingerprint density at radius 1 is 1.31 bits per heavy atom. The zero-order chi connectivity index (χ0) is 12.0. The summed E-state index contributed by atoms with van der Waals surface area (Å²) in [6.45, 7) is 1.47. The van der Waals surface area contributed by atoms with E-state index in [0.29, 0.717) is 6.54 Å². The summed E-state index contributed by atoms with van der Waals surface area (Å²) in [4.78, 5) is 5.99. The second-order valence-electron chi connectivity index (χ2n) is 4.02. The van der Waals surface area contributed by atoms with Gasteiger partial charge in [0, 0.05) is 13.0 Å². The van der Waals surface area contributed by atoms with Crippen molar-refractivity contribution in [1.82, 2.24) is 4.90 Å². The van der Waals surface area contributed by atoms with Crippen molar-refractivity contribution in [3.63, 3.8) is 0 Å². The highest BCUT2D eigenvalue weighted by Crippen LogP contribution is 2.11. The number of aliphatic imine (C=N–C) groups is 1. The van der Waals surface area contributed by atoms with Crippen molar-refractivity contribution in [1.29, 1.82) is 0 Å². The number of rotatable bonds is 6. The van der Waals surface area contributed by atoms with Gasteiger partial charge in [0.05, 0.1) is 6.54 Å². The number of furan rings is 1. The molecule has 0 aromatic carbocycles. The van der Waals surface area contributed by atoms with E-state index >= 15 is 0 Å². The van der Waals surface area contributed by atoms with E-state index in [2.05, 4.69) is 9.89 Å². The molecule has 0 aliphatic heterocycles. The molecule has 0 amide bonds. The minimum Gasteiger partial charge on any atom is -0.465 e. The highest BCUT2D eigenvalue weighted by molar-refractivity contribution is 5.75. The molecule has 4 N–H and O–H groups in total. The lowest BCUT2D eigenvalue weighted by molar-refractivity contribution is 0.341. The Bertz CT molecular complexity index is 340. The van der Waals surface area contributed by atoms with E-state index < -0.39 is 0 Å². The summed E-state index contributed by atoms with van der Waals surface area (Å²) in [5.41, 5.74) is 10.5. The Kier molecular flexibility index (Phi) is 4.85. The topological polar surface area (TPSA) is 80.8 Å². The van der Waals surface area contributed by atoms with Crippen molar-refractivity contribution in [2.45, 2.75) is 19.4 Å². The van der Waals surface area contributed by atoms with Crippen LogP contribution in [0, 0.1) is 0 Å². The van der Waals surface area contributed by atoms with Crippen LogP contribution >= 0.6 is 0 Å².